The molecule has 0 unspecified atom stereocenters. The third-order valence-electron chi connectivity index (χ3n) is 5.93. The number of rotatable bonds is 3. The molecule has 0 fully saturated rings. The van der Waals surface area contributed by atoms with Gasteiger partial charge in [0.15, 0.2) is 0 Å². The van der Waals surface area contributed by atoms with E-state index in [9.17, 15) is 0 Å². The lowest BCUT2D eigenvalue weighted by Gasteiger charge is -1.99. The first-order valence-electron chi connectivity index (χ1n) is 12.9. The average Bonchev–Trinajstić information content (AvgIpc) is 3.79. The van der Waals surface area contributed by atoms with Crippen LogP contribution in [-0.2, 0) is 7.05 Å². The van der Waals surface area contributed by atoms with Crippen molar-refractivity contribution in [2.24, 2.45) is 27.5 Å². The van der Waals surface area contributed by atoms with Gasteiger partial charge < -0.3 is 13.7 Å². The number of hydrogen-bond donors (Lipinski definition) is 0. The minimum Gasteiger partial charge on any atom is -0.495 e. The molecule has 4 aromatic rings. The van der Waals surface area contributed by atoms with E-state index in [0.29, 0.717) is 0 Å². The van der Waals surface area contributed by atoms with Crippen molar-refractivity contribution in [2.45, 2.75) is 47.5 Å². The van der Waals surface area contributed by atoms with Gasteiger partial charge in [-0.2, -0.15) is 20.4 Å². The Hall–Kier alpha value is -4.73. The molecule has 6 rings (SSSR count). The van der Waals surface area contributed by atoms with Crippen LogP contribution in [-0.4, -0.2) is 49.7 Å². The second-order valence-electron chi connectivity index (χ2n) is 9.11. The van der Waals surface area contributed by atoms with Crippen LogP contribution in [0, 0.1) is 20.8 Å². The zero-order chi connectivity index (χ0) is 28.9. The molecule has 2 aliphatic rings. The van der Waals surface area contributed by atoms with Crippen molar-refractivity contribution in [3.8, 4) is 5.75 Å². The van der Waals surface area contributed by atoms with E-state index in [1.54, 1.807) is 19.6 Å². The molecule has 3 aromatic heterocycles. The molecule has 208 valence electrons. The Bertz CT molecular complexity index is 1460. The molecule has 0 atom stereocenters. The number of hydrogen-bond acceptors (Lipinski definition) is 9. The van der Waals surface area contributed by atoms with Gasteiger partial charge in [-0.3, -0.25) is 4.98 Å². The molecular formula is C30H36N8O2. The third kappa shape index (κ3) is 8.93. The van der Waals surface area contributed by atoms with Crippen LogP contribution in [0.15, 0.2) is 91.9 Å². The minimum atomic E-state index is 0.813. The fourth-order valence-electron chi connectivity index (χ4n) is 3.49. The summed E-state index contributed by atoms with van der Waals surface area (Å²) >= 11 is 0. The number of aryl methyl sites for hydroxylation is 3. The summed E-state index contributed by atoms with van der Waals surface area (Å²) in [6, 6.07) is 17.7. The topological polar surface area (TPSA) is 115 Å². The Morgan fingerprint density at radius 2 is 1.35 bits per heavy atom. The first-order chi connectivity index (χ1) is 19.3. The molecule has 10 nitrogen and oxygen atoms in total. The summed E-state index contributed by atoms with van der Waals surface area (Å²) in [5.74, 6) is 3.59. The van der Waals surface area contributed by atoms with Crippen molar-refractivity contribution in [3.63, 3.8) is 0 Å². The van der Waals surface area contributed by atoms with E-state index in [1.807, 2.05) is 88.7 Å². The number of benzene rings is 1. The molecule has 0 aliphatic carbocycles. The van der Waals surface area contributed by atoms with Gasteiger partial charge in [0.2, 0.25) is 0 Å². The Morgan fingerprint density at radius 1 is 0.725 bits per heavy atom. The van der Waals surface area contributed by atoms with Crippen LogP contribution in [0.4, 0.5) is 0 Å². The van der Waals surface area contributed by atoms with Gasteiger partial charge in [0, 0.05) is 37.5 Å². The molecule has 0 saturated heterocycles. The summed E-state index contributed by atoms with van der Waals surface area (Å²) in [7, 11) is 3.59. The minimum absolute atomic E-state index is 0.813. The maximum absolute atomic E-state index is 5.16. The Balaban J connectivity index is 0.000000149. The van der Waals surface area contributed by atoms with E-state index in [0.717, 1.165) is 64.5 Å². The first kappa shape index (κ1) is 29.8. The Labute approximate surface area is 235 Å². The lowest BCUT2D eigenvalue weighted by atomic mass is 10.1. The average molecular weight is 541 g/mol. The number of ether oxygens (including phenoxy) is 1. The Kier molecular flexibility index (Phi) is 11.2. The van der Waals surface area contributed by atoms with Crippen LogP contribution in [0.25, 0.3) is 0 Å². The molecule has 10 heteroatoms. The number of aromatic nitrogens is 4. The highest BCUT2D eigenvalue weighted by molar-refractivity contribution is 6.14. The normalized spacial score (nSPS) is 13.3. The maximum Gasteiger partial charge on any atom is 0.150 e. The Morgan fingerprint density at radius 3 is 1.77 bits per heavy atom. The molecule has 0 saturated carbocycles. The van der Waals surface area contributed by atoms with Gasteiger partial charge in [-0.05, 0) is 64.4 Å². The van der Waals surface area contributed by atoms with Crippen molar-refractivity contribution in [3.05, 3.63) is 95.7 Å². The second kappa shape index (κ2) is 15.0. The molecule has 40 heavy (non-hydrogen) atoms. The third-order valence-corrected chi connectivity index (χ3v) is 5.93. The number of furan rings is 1. The molecule has 0 bridgehead atoms. The van der Waals surface area contributed by atoms with E-state index in [4.69, 9.17) is 9.15 Å². The fraction of sp³-hybridized carbons (Fsp3) is 0.300. The molecular weight excluding hydrogens is 504 g/mol. The lowest BCUT2D eigenvalue weighted by Crippen LogP contribution is -2.00. The van der Waals surface area contributed by atoms with Crippen LogP contribution in [0.3, 0.4) is 0 Å². The van der Waals surface area contributed by atoms with Gasteiger partial charge >= 0.3 is 0 Å². The van der Waals surface area contributed by atoms with Gasteiger partial charge in [-0.25, -0.2) is 0 Å². The van der Waals surface area contributed by atoms with E-state index in [2.05, 4.69) is 47.7 Å². The van der Waals surface area contributed by atoms with Crippen molar-refractivity contribution in [1.82, 2.24) is 19.7 Å². The highest BCUT2D eigenvalue weighted by Gasteiger charge is 2.12. The maximum atomic E-state index is 5.16. The largest absolute Gasteiger partial charge is 0.495 e. The molecule has 1 aromatic carbocycles. The second-order valence-corrected chi connectivity index (χ2v) is 9.11. The van der Waals surface area contributed by atoms with Crippen LogP contribution in [0.2, 0.25) is 0 Å². The van der Waals surface area contributed by atoms with Crippen molar-refractivity contribution >= 4 is 22.8 Å². The number of nitrogens with zero attached hydrogens (tertiary/aromatic N) is 8. The van der Waals surface area contributed by atoms with Gasteiger partial charge in [0.05, 0.1) is 24.8 Å². The summed E-state index contributed by atoms with van der Waals surface area (Å²) in [5.41, 5.74) is 6.24. The summed E-state index contributed by atoms with van der Waals surface area (Å²) in [6.07, 6.45) is 5.10. The summed E-state index contributed by atoms with van der Waals surface area (Å²) in [4.78, 5) is 4.02. The van der Waals surface area contributed by atoms with Crippen LogP contribution >= 0.6 is 0 Å². The molecule has 0 amide bonds. The molecule has 5 heterocycles. The van der Waals surface area contributed by atoms with Crippen LogP contribution in [0.1, 0.15) is 55.4 Å². The summed E-state index contributed by atoms with van der Waals surface area (Å²) < 4.78 is 12.1. The standard InChI is InChI=1S/C10H10N2.C8H8N2O.C7H9NO.C5H9N3/c1-8-7-10(12-11-8)9-5-3-2-4-6-9;1-6-5-7(10-9-6)8-3-2-4-11-8;1-6-7(9-2)4-3-5-8-6;1-4-6-7-5(2)8(4)3/h2-6H,7H2,1H3;2-4H,5H2,1H3;3-5H,1-2H3;1-3H3. The van der Waals surface area contributed by atoms with Gasteiger partial charge in [-0.1, -0.05) is 30.3 Å². The van der Waals surface area contributed by atoms with Gasteiger partial charge in [0.25, 0.3) is 0 Å². The van der Waals surface area contributed by atoms with E-state index in [-0.39, 0.29) is 0 Å². The zero-order valence-electron chi connectivity index (χ0n) is 24.2. The zero-order valence-corrected chi connectivity index (χ0v) is 24.2. The monoisotopic (exact) mass is 540 g/mol. The molecule has 0 spiro atoms. The van der Waals surface area contributed by atoms with E-state index in [1.165, 1.54) is 5.56 Å². The van der Waals surface area contributed by atoms with Crippen molar-refractivity contribution < 1.29 is 9.15 Å². The van der Waals surface area contributed by atoms with Crippen LogP contribution < -0.4 is 4.74 Å². The fourth-order valence-corrected chi connectivity index (χ4v) is 3.49. The van der Waals surface area contributed by atoms with E-state index < -0.39 is 0 Å². The van der Waals surface area contributed by atoms with Crippen molar-refractivity contribution in [1.29, 1.82) is 0 Å². The smallest absolute Gasteiger partial charge is 0.150 e. The summed E-state index contributed by atoms with van der Waals surface area (Å²) in [6.45, 7) is 9.73. The molecule has 0 radical (unpaired) electrons. The predicted octanol–water partition coefficient (Wildman–Crippen LogP) is 5.93. The molecule has 0 N–H and O–H groups in total. The lowest BCUT2D eigenvalue weighted by molar-refractivity contribution is 0.409. The van der Waals surface area contributed by atoms with Crippen molar-refractivity contribution in [2.75, 3.05) is 7.11 Å². The van der Waals surface area contributed by atoms with Crippen LogP contribution in [0.5, 0.6) is 5.75 Å². The van der Waals surface area contributed by atoms with E-state index >= 15 is 0 Å². The SMILES string of the molecule is CC1=NN=C(c2ccccc2)C1.CC1=NN=C(c2ccco2)C1.COc1cccnc1C.Cc1nnc(C)n1C. The van der Waals surface area contributed by atoms with Gasteiger partial charge in [-0.15, -0.1) is 10.2 Å². The highest BCUT2D eigenvalue weighted by atomic mass is 16.5. The van der Waals surface area contributed by atoms with Gasteiger partial charge in [0.1, 0.15) is 28.9 Å². The highest BCUT2D eigenvalue weighted by Crippen LogP contribution is 2.13. The first-order valence-corrected chi connectivity index (χ1v) is 12.9. The quantitative estimate of drug-likeness (QED) is 0.319. The predicted molar refractivity (Wildman–Crippen MR) is 160 cm³/mol. The number of methoxy groups -OCH3 is 1. The summed E-state index contributed by atoms with van der Waals surface area (Å²) in [5, 5.41) is 23.6. The molecule has 2 aliphatic heterocycles. The number of pyridine rings is 1.